The molecular formula is C25H24N6O2. The molecule has 33 heavy (non-hydrogen) atoms. The smallest absolute Gasteiger partial charge is 0.320 e. The SMILES string of the molecule is Nc1nc(OCCc2ccccc2)nc2c1nc(-c1ccco1)n2CCCc1ccncc1. The Labute approximate surface area is 191 Å². The molecule has 8 heteroatoms. The molecule has 1 aromatic carbocycles. The number of furan rings is 1. The molecule has 0 unspecified atom stereocenters. The first-order chi connectivity index (χ1) is 16.3. The lowest BCUT2D eigenvalue weighted by Crippen LogP contribution is -2.08. The van der Waals surface area contributed by atoms with E-state index in [0.29, 0.717) is 35.9 Å². The number of nitrogens with two attached hydrogens (primary N) is 1. The fraction of sp³-hybridized carbons (Fsp3) is 0.200. The summed E-state index contributed by atoms with van der Waals surface area (Å²) >= 11 is 0. The van der Waals surface area contributed by atoms with Crippen molar-refractivity contribution in [2.75, 3.05) is 12.3 Å². The molecule has 0 radical (unpaired) electrons. The Bertz CT molecular complexity index is 1320. The highest BCUT2D eigenvalue weighted by Gasteiger charge is 2.20. The second-order valence-electron chi connectivity index (χ2n) is 7.67. The Kier molecular flexibility index (Phi) is 5.97. The number of hydrogen-bond acceptors (Lipinski definition) is 7. The molecule has 0 aliphatic rings. The van der Waals surface area contributed by atoms with E-state index < -0.39 is 0 Å². The normalized spacial score (nSPS) is 11.2. The predicted octanol–water partition coefficient (Wildman–Crippen LogP) is 4.32. The van der Waals surface area contributed by atoms with Crippen molar-refractivity contribution in [1.29, 1.82) is 0 Å². The van der Waals surface area contributed by atoms with Gasteiger partial charge in [0, 0.05) is 25.4 Å². The number of aromatic nitrogens is 5. The van der Waals surface area contributed by atoms with Crippen molar-refractivity contribution in [2.45, 2.75) is 25.8 Å². The molecule has 0 fully saturated rings. The van der Waals surface area contributed by atoms with Crippen molar-refractivity contribution in [3.63, 3.8) is 0 Å². The zero-order valence-corrected chi connectivity index (χ0v) is 18.1. The number of rotatable bonds is 9. The van der Waals surface area contributed by atoms with Gasteiger partial charge in [-0.3, -0.25) is 4.98 Å². The van der Waals surface area contributed by atoms with Crippen LogP contribution >= 0.6 is 0 Å². The number of nitrogen functional groups attached to an aromatic ring is 1. The average molecular weight is 441 g/mol. The van der Waals surface area contributed by atoms with Gasteiger partial charge in [-0.25, -0.2) is 4.98 Å². The van der Waals surface area contributed by atoms with Gasteiger partial charge in [-0.1, -0.05) is 30.3 Å². The van der Waals surface area contributed by atoms with Crippen LogP contribution in [0.3, 0.4) is 0 Å². The number of fused-ring (bicyclic) bond motifs is 1. The van der Waals surface area contributed by atoms with Crippen LogP contribution in [-0.4, -0.2) is 31.1 Å². The standard InChI is InChI=1S/C25H24N6O2/c26-22-21-24(30-25(29-22)33-17-12-18-6-2-1-3-7-18)31(23(28-21)20-9-5-16-32-20)15-4-8-19-10-13-27-14-11-19/h1-3,5-7,9-11,13-14,16H,4,8,12,15,17H2,(H2,26,29,30). The molecule has 0 saturated heterocycles. The summed E-state index contributed by atoms with van der Waals surface area (Å²) in [6, 6.07) is 18.2. The van der Waals surface area contributed by atoms with Gasteiger partial charge in [0.05, 0.1) is 12.9 Å². The van der Waals surface area contributed by atoms with Crippen LogP contribution in [0.5, 0.6) is 6.01 Å². The molecule has 0 aliphatic carbocycles. The summed E-state index contributed by atoms with van der Waals surface area (Å²) in [7, 11) is 0. The lowest BCUT2D eigenvalue weighted by atomic mass is 10.1. The van der Waals surface area contributed by atoms with E-state index in [1.54, 1.807) is 6.26 Å². The molecule has 0 saturated carbocycles. The summed E-state index contributed by atoms with van der Waals surface area (Å²) in [6.45, 7) is 1.14. The number of pyridine rings is 1. The molecule has 0 spiro atoms. The summed E-state index contributed by atoms with van der Waals surface area (Å²) in [5.74, 6) is 1.62. The number of aryl methyl sites for hydroxylation is 2. The minimum absolute atomic E-state index is 0.247. The largest absolute Gasteiger partial charge is 0.463 e. The van der Waals surface area contributed by atoms with E-state index in [2.05, 4.69) is 27.1 Å². The third-order valence-corrected chi connectivity index (χ3v) is 5.40. The third kappa shape index (κ3) is 4.69. The fourth-order valence-corrected chi connectivity index (χ4v) is 3.77. The van der Waals surface area contributed by atoms with Gasteiger partial charge >= 0.3 is 6.01 Å². The monoisotopic (exact) mass is 440 g/mol. The Morgan fingerprint density at radius 2 is 1.70 bits per heavy atom. The summed E-state index contributed by atoms with van der Waals surface area (Å²) in [4.78, 5) is 17.8. The first-order valence-corrected chi connectivity index (χ1v) is 10.9. The molecule has 0 bridgehead atoms. The number of anilines is 1. The molecule has 0 aliphatic heterocycles. The maximum atomic E-state index is 6.25. The number of imidazole rings is 1. The van der Waals surface area contributed by atoms with E-state index in [1.165, 1.54) is 11.1 Å². The molecule has 8 nitrogen and oxygen atoms in total. The maximum Gasteiger partial charge on any atom is 0.320 e. The van der Waals surface area contributed by atoms with E-state index in [9.17, 15) is 0 Å². The van der Waals surface area contributed by atoms with Crippen molar-refractivity contribution in [3.8, 4) is 17.6 Å². The number of ether oxygens (including phenoxy) is 1. The molecule has 2 N–H and O–H groups in total. The Hall–Kier alpha value is -4.20. The second kappa shape index (κ2) is 9.52. The van der Waals surface area contributed by atoms with Gasteiger partial charge in [-0.15, -0.1) is 0 Å². The molecule has 0 amide bonds. The van der Waals surface area contributed by atoms with Gasteiger partial charge in [0.15, 0.2) is 28.6 Å². The fourth-order valence-electron chi connectivity index (χ4n) is 3.77. The highest BCUT2D eigenvalue weighted by atomic mass is 16.5. The number of hydrogen-bond donors (Lipinski definition) is 1. The van der Waals surface area contributed by atoms with Gasteiger partial charge in [-0.2, -0.15) is 9.97 Å². The molecule has 166 valence electrons. The Morgan fingerprint density at radius 1 is 0.879 bits per heavy atom. The minimum atomic E-state index is 0.247. The summed E-state index contributed by atoms with van der Waals surface area (Å²) in [6.07, 6.45) is 7.79. The molecule has 4 heterocycles. The lowest BCUT2D eigenvalue weighted by Gasteiger charge is -2.09. The van der Waals surface area contributed by atoms with Crippen molar-refractivity contribution < 1.29 is 9.15 Å². The molecule has 5 aromatic rings. The van der Waals surface area contributed by atoms with Crippen LogP contribution in [0.4, 0.5) is 5.82 Å². The zero-order valence-electron chi connectivity index (χ0n) is 18.1. The van der Waals surface area contributed by atoms with Crippen LogP contribution < -0.4 is 10.5 Å². The van der Waals surface area contributed by atoms with Crippen molar-refractivity contribution in [2.24, 2.45) is 0 Å². The van der Waals surface area contributed by atoms with E-state index in [1.807, 2.05) is 59.4 Å². The summed E-state index contributed by atoms with van der Waals surface area (Å²) < 4.78 is 13.5. The van der Waals surface area contributed by atoms with Gasteiger partial charge in [0.25, 0.3) is 0 Å². The molecule has 5 rings (SSSR count). The van der Waals surface area contributed by atoms with E-state index in [0.717, 1.165) is 19.3 Å². The Balaban J connectivity index is 1.41. The highest BCUT2D eigenvalue weighted by Crippen LogP contribution is 2.28. The van der Waals surface area contributed by atoms with Crippen molar-refractivity contribution in [3.05, 3.63) is 84.4 Å². The lowest BCUT2D eigenvalue weighted by molar-refractivity contribution is 0.297. The van der Waals surface area contributed by atoms with Crippen molar-refractivity contribution >= 4 is 17.0 Å². The quantitative estimate of drug-likeness (QED) is 0.364. The minimum Gasteiger partial charge on any atom is -0.463 e. The second-order valence-corrected chi connectivity index (χ2v) is 7.67. The first kappa shape index (κ1) is 20.7. The zero-order chi connectivity index (χ0) is 22.5. The van der Waals surface area contributed by atoms with Crippen LogP contribution in [0.25, 0.3) is 22.7 Å². The summed E-state index contributed by atoms with van der Waals surface area (Å²) in [5, 5.41) is 0. The van der Waals surface area contributed by atoms with Crippen LogP contribution in [0.1, 0.15) is 17.5 Å². The van der Waals surface area contributed by atoms with Crippen LogP contribution in [0.2, 0.25) is 0 Å². The molecular weight excluding hydrogens is 416 g/mol. The number of nitrogens with zero attached hydrogens (tertiary/aromatic N) is 5. The predicted molar refractivity (Wildman–Crippen MR) is 126 cm³/mol. The van der Waals surface area contributed by atoms with Crippen LogP contribution in [-0.2, 0) is 19.4 Å². The third-order valence-electron chi connectivity index (χ3n) is 5.40. The first-order valence-electron chi connectivity index (χ1n) is 10.9. The van der Waals surface area contributed by atoms with Gasteiger partial charge in [0.2, 0.25) is 0 Å². The molecule has 4 aromatic heterocycles. The van der Waals surface area contributed by atoms with Crippen LogP contribution in [0, 0.1) is 0 Å². The van der Waals surface area contributed by atoms with Crippen molar-refractivity contribution in [1.82, 2.24) is 24.5 Å². The van der Waals surface area contributed by atoms with Gasteiger partial charge in [0.1, 0.15) is 0 Å². The average Bonchev–Trinajstić information content (AvgIpc) is 3.49. The number of benzene rings is 1. The maximum absolute atomic E-state index is 6.25. The summed E-state index contributed by atoms with van der Waals surface area (Å²) in [5.41, 5.74) is 9.85. The Morgan fingerprint density at radius 3 is 2.48 bits per heavy atom. The van der Waals surface area contributed by atoms with Gasteiger partial charge in [-0.05, 0) is 48.2 Å². The highest BCUT2D eigenvalue weighted by molar-refractivity contribution is 5.85. The van der Waals surface area contributed by atoms with Crippen LogP contribution in [0.15, 0.2) is 77.7 Å². The van der Waals surface area contributed by atoms with E-state index >= 15 is 0 Å². The van der Waals surface area contributed by atoms with E-state index in [-0.39, 0.29) is 11.8 Å². The topological polar surface area (TPSA) is 105 Å². The van der Waals surface area contributed by atoms with E-state index in [4.69, 9.17) is 19.9 Å². The van der Waals surface area contributed by atoms with Gasteiger partial charge < -0.3 is 19.5 Å². The molecule has 0 atom stereocenters.